The molecule has 0 fully saturated rings. The molecule has 0 amide bonds. The van der Waals surface area contributed by atoms with Gasteiger partial charge >= 0.3 is 0 Å². The van der Waals surface area contributed by atoms with Crippen molar-refractivity contribution in [1.29, 1.82) is 0 Å². The highest BCUT2D eigenvalue weighted by Crippen LogP contribution is 2.01. The molecule has 0 aliphatic heterocycles. The maximum Gasteiger partial charge on any atom is 0.242 e. The summed E-state index contributed by atoms with van der Waals surface area (Å²) in [4.78, 5) is 6.74. The first kappa shape index (κ1) is 13.8. The molecule has 0 radical (unpaired) electrons. The standard InChI is InChI=1S/C12H23N5/c1-5-17(6-2)9-7-8-13-12-14-10(3)11(4)15-16-12/h5-9H2,1-4H3,(H,13,14,16). The average Bonchev–Trinajstić information content (AvgIpc) is 2.34. The fraction of sp³-hybridized carbons (Fsp3) is 0.750. The van der Waals surface area contributed by atoms with Gasteiger partial charge in [-0.3, -0.25) is 0 Å². The number of aromatic nitrogens is 3. The first-order chi connectivity index (χ1) is 8.17. The van der Waals surface area contributed by atoms with E-state index in [1.807, 2.05) is 13.8 Å². The molecule has 1 rings (SSSR count). The average molecular weight is 237 g/mol. The van der Waals surface area contributed by atoms with Gasteiger partial charge in [0.1, 0.15) is 0 Å². The van der Waals surface area contributed by atoms with Gasteiger partial charge in [-0.1, -0.05) is 13.8 Å². The predicted molar refractivity (Wildman–Crippen MR) is 70.2 cm³/mol. The van der Waals surface area contributed by atoms with Gasteiger partial charge in [0, 0.05) is 6.54 Å². The van der Waals surface area contributed by atoms with E-state index in [-0.39, 0.29) is 0 Å². The summed E-state index contributed by atoms with van der Waals surface area (Å²) >= 11 is 0. The number of rotatable bonds is 7. The van der Waals surface area contributed by atoms with Crippen LogP contribution in [-0.4, -0.2) is 46.3 Å². The topological polar surface area (TPSA) is 53.9 Å². The predicted octanol–water partition coefficient (Wildman–Crippen LogP) is 1.63. The highest BCUT2D eigenvalue weighted by Gasteiger charge is 2.01. The van der Waals surface area contributed by atoms with Gasteiger partial charge in [0.05, 0.1) is 11.4 Å². The number of hydrogen-bond donors (Lipinski definition) is 1. The van der Waals surface area contributed by atoms with E-state index < -0.39 is 0 Å². The Labute approximate surface area is 104 Å². The van der Waals surface area contributed by atoms with E-state index in [4.69, 9.17) is 0 Å². The fourth-order valence-electron chi connectivity index (χ4n) is 1.57. The van der Waals surface area contributed by atoms with Gasteiger partial charge in [0.25, 0.3) is 0 Å². The SMILES string of the molecule is CCN(CC)CCCNc1nnc(C)c(C)n1. The van der Waals surface area contributed by atoms with Gasteiger partial charge in [-0.25, -0.2) is 4.98 Å². The lowest BCUT2D eigenvalue weighted by molar-refractivity contribution is 0.303. The van der Waals surface area contributed by atoms with Gasteiger partial charge in [0.2, 0.25) is 5.95 Å². The fourth-order valence-corrected chi connectivity index (χ4v) is 1.57. The third kappa shape index (κ3) is 4.65. The summed E-state index contributed by atoms with van der Waals surface area (Å²) in [5, 5.41) is 11.3. The van der Waals surface area contributed by atoms with Crippen LogP contribution in [0.4, 0.5) is 5.95 Å². The minimum Gasteiger partial charge on any atom is -0.353 e. The van der Waals surface area contributed by atoms with Crippen LogP contribution < -0.4 is 5.32 Å². The van der Waals surface area contributed by atoms with E-state index in [1.54, 1.807) is 0 Å². The first-order valence-corrected chi connectivity index (χ1v) is 6.31. The monoisotopic (exact) mass is 237 g/mol. The van der Waals surface area contributed by atoms with Crippen LogP contribution in [0.5, 0.6) is 0 Å². The van der Waals surface area contributed by atoms with Gasteiger partial charge in [-0.15, -0.1) is 5.10 Å². The van der Waals surface area contributed by atoms with Crippen molar-refractivity contribution in [3.63, 3.8) is 0 Å². The Hall–Kier alpha value is -1.23. The largest absolute Gasteiger partial charge is 0.353 e. The zero-order valence-electron chi connectivity index (χ0n) is 11.3. The smallest absolute Gasteiger partial charge is 0.242 e. The van der Waals surface area contributed by atoms with Crippen LogP contribution in [0, 0.1) is 13.8 Å². The number of hydrogen-bond acceptors (Lipinski definition) is 5. The molecule has 96 valence electrons. The van der Waals surface area contributed by atoms with Crippen molar-refractivity contribution in [3.8, 4) is 0 Å². The quantitative estimate of drug-likeness (QED) is 0.731. The number of nitrogens with one attached hydrogen (secondary N) is 1. The zero-order chi connectivity index (χ0) is 12.7. The van der Waals surface area contributed by atoms with E-state index in [2.05, 4.69) is 39.2 Å². The molecule has 5 heteroatoms. The zero-order valence-corrected chi connectivity index (χ0v) is 11.3. The Morgan fingerprint density at radius 1 is 1.06 bits per heavy atom. The third-order valence-corrected chi connectivity index (χ3v) is 2.92. The molecule has 0 aliphatic rings. The van der Waals surface area contributed by atoms with Gasteiger partial charge in [-0.2, -0.15) is 5.10 Å². The van der Waals surface area contributed by atoms with Gasteiger partial charge < -0.3 is 10.2 Å². The van der Waals surface area contributed by atoms with Crippen LogP contribution in [0.15, 0.2) is 0 Å². The molecular formula is C12H23N5. The molecule has 1 N–H and O–H groups in total. The first-order valence-electron chi connectivity index (χ1n) is 6.31. The summed E-state index contributed by atoms with van der Waals surface area (Å²) in [5.74, 6) is 0.632. The molecule has 1 aromatic rings. The van der Waals surface area contributed by atoms with Gasteiger partial charge in [0.15, 0.2) is 0 Å². The van der Waals surface area contributed by atoms with Crippen molar-refractivity contribution in [2.75, 3.05) is 31.5 Å². The van der Waals surface area contributed by atoms with E-state index in [1.165, 1.54) is 0 Å². The highest BCUT2D eigenvalue weighted by molar-refractivity contribution is 5.24. The van der Waals surface area contributed by atoms with Crippen molar-refractivity contribution in [1.82, 2.24) is 20.1 Å². The summed E-state index contributed by atoms with van der Waals surface area (Å²) in [5.41, 5.74) is 1.82. The third-order valence-electron chi connectivity index (χ3n) is 2.92. The van der Waals surface area contributed by atoms with Crippen LogP contribution >= 0.6 is 0 Å². The van der Waals surface area contributed by atoms with Gasteiger partial charge in [-0.05, 0) is 39.9 Å². The molecule has 0 saturated heterocycles. The van der Waals surface area contributed by atoms with E-state index >= 15 is 0 Å². The Balaban J connectivity index is 2.28. The lowest BCUT2D eigenvalue weighted by atomic mass is 10.3. The second-order valence-electron chi connectivity index (χ2n) is 4.11. The molecule has 17 heavy (non-hydrogen) atoms. The minimum absolute atomic E-state index is 0.632. The Morgan fingerprint density at radius 2 is 1.76 bits per heavy atom. The second-order valence-corrected chi connectivity index (χ2v) is 4.11. The van der Waals surface area contributed by atoms with Crippen molar-refractivity contribution in [3.05, 3.63) is 11.4 Å². The molecule has 0 aromatic carbocycles. The maximum atomic E-state index is 4.33. The Bertz CT molecular complexity index is 336. The highest BCUT2D eigenvalue weighted by atomic mass is 15.2. The normalized spacial score (nSPS) is 10.9. The van der Waals surface area contributed by atoms with Crippen LogP contribution in [0.25, 0.3) is 0 Å². The molecule has 1 aromatic heterocycles. The van der Waals surface area contributed by atoms with Crippen molar-refractivity contribution < 1.29 is 0 Å². The van der Waals surface area contributed by atoms with E-state index in [9.17, 15) is 0 Å². The van der Waals surface area contributed by atoms with Crippen molar-refractivity contribution >= 4 is 5.95 Å². The molecule has 0 atom stereocenters. The summed E-state index contributed by atoms with van der Waals surface area (Å²) in [6.07, 6.45) is 1.10. The van der Waals surface area contributed by atoms with Crippen molar-refractivity contribution in [2.45, 2.75) is 34.1 Å². The lowest BCUT2D eigenvalue weighted by Crippen LogP contribution is -2.25. The molecular weight excluding hydrogens is 214 g/mol. The van der Waals surface area contributed by atoms with E-state index in [0.717, 1.165) is 44.0 Å². The molecule has 0 bridgehead atoms. The van der Waals surface area contributed by atoms with E-state index in [0.29, 0.717) is 5.95 Å². The van der Waals surface area contributed by atoms with Crippen molar-refractivity contribution in [2.24, 2.45) is 0 Å². The molecule has 0 saturated carbocycles. The second kappa shape index (κ2) is 7.17. The Morgan fingerprint density at radius 3 is 2.35 bits per heavy atom. The number of anilines is 1. The molecule has 0 unspecified atom stereocenters. The summed E-state index contributed by atoms with van der Waals surface area (Å²) in [6, 6.07) is 0. The molecule has 5 nitrogen and oxygen atoms in total. The van der Waals surface area contributed by atoms with Crippen LogP contribution in [-0.2, 0) is 0 Å². The maximum absolute atomic E-state index is 4.33. The summed E-state index contributed by atoms with van der Waals surface area (Å²) in [7, 11) is 0. The van der Waals surface area contributed by atoms with Crippen LogP contribution in [0.3, 0.4) is 0 Å². The van der Waals surface area contributed by atoms with Crippen LogP contribution in [0.1, 0.15) is 31.7 Å². The summed E-state index contributed by atoms with van der Waals surface area (Å²) in [6.45, 7) is 12.5. The number of nitrogens with zero attached hydrogens (tertiary/aromatic N) is 4. The molecule has 0 aliphatic carbocycles. The summed E-state index contributed by atoms with van der Waals surface area (Å²) < 4.78 is 0. The minimum atomic E-state index is 0.632. The van der Waals surface area contributed by atoms with Crippen LogP contribution in [0.2, 0.25) is 0 Å². The Kier molecular flexibility index (Phi) is 5.83. The molecule has 1 heterocycles. The lowest BCUT2D eigenvalue weighted by Gasteiger charge is -2.17. The number of aryl methyl sites for hydroxylation is 2. The molecule has 0 spiro atoms.